The first-order chi connectivity index (χ1) is 10.5. The number of hydrogen-bond donors (Lipinski definition) is 1. The van der Waals surface area contributed by atoms with Gasteiger partial charge in [-0.3, -0.25) is 0 Å². The van der Waals surface area contributed by atoms with Crippen molar-refractivity contribution >= 4 is 13.3 Å². The molecule has 0 amide bonds. The van der Waals surface area contributed by atoms with Crippen molar-refractivity contribution in [2.24, 2.45) is 0 Å². The quantitative estimate of drug-likeness (QED) is 0.694. The highest BCUT2D eigenvalue weighted by atomic mass is 28.3. The average Bonchev–Trinajstić information content (AvgIpc) is 2.55. The number of aliphatic hydroxyl groups excluding tert-OH is 1. The molecule has 0 fully saturated rings. The van der Waals surface area contributed by atoms with Crippen molar-refractivity contribution in [1.29, 1.82) is 0 Å². The molecule has 0 radical (unpaired) electrons. The minimum absolute atomic E-state index is 0.454. The SMILES string of the molecule is COc1ccc(C(O)CC#C[Si](C)(C)c2ccccc2)cc1. The van der Waals surface area contributed by atoms with Gasteiger partial charge in [-0.25, -0.2) is 0 Å². The molecule has 0 aliphatic heterocycles. The van der Waals surface area contributed by atoms with Gasteiger partial charge in [0.2, 0.25) is 0 Å². The normalized spacial score (nSPS) is 12.2. The van der Waals surface area contributed by atoms with Crippen LogP contribution in [0.3, 0.4) is 0 Å². The Kier molecular flexibility index (Phi) is 5.43. The Morgan fingerprint density at radius 3 is 2.27 bits per heavy atom. The molecule has 0 bridgehead atoms. The van der Waals surface area contributed by atoms with Crippen molar-refractivity contribution in [3.8, 4) is 17.2 Å². The number of methoxy groups -OCH3 is 1. The van der Waals surface area contributed by atoms with E-state index in [9.17, 15) is 5.11 Å². The van der Waals surface area contributed by atoms with E-state index >= 15 is 0 Å². The predicted molar refractivity (Wildman–Crippen MR) is 93.9 cm³/mol. The van der Waals surface area contributed by atoms with Crippen molar-refractivity contribution in [1.82, 2.24) is 0 Å². The third kappa shape index (κ3) is 4.24. The number of ether oxygens (including phenoxy) is 1. The van der Waals surface area contributed by atoms with E-state index in [-0.39, 0.29) is 0 Å². The minimum Gasteiger partial charge on any atom is -0.497 e. The Morgan fingerprint density at radius 1 is 1.05 bits per heavy atom. The van der Waals surface area contributed by atoms with E-state index in [1.807, 2.05) is 30.3 Å². The van der Waals surface area contributed by atoms with E-state index in [0.717, 1.165) is 11.3 Å². The second-order valence-electron chi connectivity index (χ2n) is 5.79. The maximum atomic E-state index is 10.2. The molecule has 2 nitrogen and oxygen atoms in total. The topological polar surface area (TPSA) is 29.5 Å². The van der Waals surface area contributed by atoms with Gasteiger partial charge in [0, 0.05) is 6.42 Å². The third-order valence-corrected chi connectivity index (χ3v) is 6.27. The van der Waals surface area contributed by atoms with E-state index in [1.54, 1.807) is 7.11 Å². The van der Waals surface area contributed by atoms with Crippen LogP contribution in [0.15, 0.2) is 54.6 Å². The van der Waals surface area contributed by atoms with Crippen LogP contribution in [0, 0.1) is 11.5 Å². The van der Waals surface area contributed by atoms with Gasteiger partial charge in [-0.1, -0.05) is 55.6 Å². The van der Waals surface area contributed by atoms with Gasteiger partial charge < -0.3 is 9.84 Å². The summed E-state index contributed by atoms with van der Waals surface area (Å²) in [6.45, 7) is 4.46. The molecule has 0 aromatic heterocycles. The van der Waals surface area contributed by atoms with Crippen molar-refractivity contribution in [3.63, 3.8) is 0 Å². The van der Waals surface area contributed by atoms with Crippen molar-refractivity contribution in [2.75, 3.05) is 7.11 Å². The molecule has 0 spiro atoms. The van der Waals surface area contributed by atoms with Gasteiger partial charge in [-0.15, -0.1) is 11.5 Å². The highest BCUT2D eigenvalue weighted by Crippen LogP contribution is 2.19. The summed E-state index contributed by atoms with van der Waals surface area (Å²) in [5.74, 6) is 3.97. The Bertz CT molecular complexity index is 651. The fraction of sp³-hybridized carbons (Fsp3) is 0.263. The first kappa shape index (κ1) is 16.3. The zero-order chi connectivity index (χ0) is 16.0. The minimum atomic E-state index is -1.75. The smallest absolute Gasteiger partial charge is 0.162 e. The molecule has 0 heterocycles. The second kappa shape index (κ2) is 7.30. The molecule has 0 saturated heterocycles. The summed E-state index contributed by atoms with van der Waals surface area (Å²) >= 11 is 0. The van der Waals surface area contributed by atoms with Crippen LogP contribution in [0.2, 0.25) is 13.1 Å². The lowest BCUT2D eigenvalue weighted by Crippen LogP contribution is -2.39. The summed E-state index contributed by atoms with van der Waals surface area (Å²) in [5.41, 5.74) is 4.27. The van der Waals surface area contributed by atoms with Crippen LogP contribution < -0.4 is 9.92 Å². The standard InChI is InChI=1S/C19H22O2Si/c1-21-17-13-11-16(12-14-17)19(20)10-7-15-22(2,3)18-8-5-4-6-9-18/h4-6,8-9,11-14,19-20H,10H2,1-3H3. The molecule has 22 heavy (non-hydrogen) atoms. The van der Waals surface area contributed by atoms with Gasteiger partial charge in [0.25, 0.3) is 0 Å². The van der Waals surface area contributed by atoms with E-state index in [4.69, 9.17) is 4.74 Å². The molecular formula is C19H22O2Si. The van der Waals surface area contributed by atoms with Gasteiger partial charge in [0.05, 0.1) is 13.2 Å². The van der Waals surface area contributed by atoms with Crippen LogP contribution in [-0.4, -0.2) is 20.3 Å². The maximum absolute atomic E-state index is 10.2. The molecule has 0 aliphatic carbocycles. The first-order valence-corrected chi connectivity index (χ1v) is 10.4. The Balaban J connectivity index is 2.03. The lowest BCUT2D eigenvalue weighted by atomic mass is 10.1. The monoisotopic (exact) mass is 310 g/mol. The van der Waals surface area contributed by atoms with Crippen molar-refractivity contribution < 1.29 is 9.84 Å². The van der Waals surface area contributed by atoms with Gasteiger partial charge in [0.15, 0.2) is 8.07 Å². The lowest BCUT2D eigenvalue weighted by molar-refractivity contribution is 0.184. The summed E-state index contributed by atoms with van der Waals surface area (Å²) in [4.78, 5) is 0. The highest BCUT2D eigenvalue weighted by Gasteiger charge is 2.20. The molecule has 1 atom stereocenters. The van der Waals surface area contributed by atoms with Gasteiger partial charge >= 0.3 is 0 Å². The van der Waals surface area contributed by atoms with Gasteiger partial charge in [-0.05, 0) is 22.9 Å². The molecular weight excluding hydrogens is 288 g/mol. The molecule has 0 aliphatic rings. The third-order valence-electron chi connectivity index (χ3n) is 3.69. The molecule has 0 saturated carbocycles. The Hall–Kier alpha value is -2.02. The summed E-state index contributed by atoms with van der Waals surface area (Å²) < 4.78 is 5.12. The fourth-order valence-electron chi connectivity index (χ4n) is 2.24. The summed E-state index contributed by atoms with van der Waals surface area (Å²) in [6, 6.07) is 17.9. The maximum Gasteiger partial charge on any atom is 0.162 e. The zero-order valence-corrected chi connectivity index (χ0v) is 14.3. The number of aliphatic hydroxyl groups is 1. The van der Waals surface area contributed by atoms with E-state index in [2.05, 4.69) is 48.8 Å². The number of benzene rings is 2. The largest absolute Gasteiger partial charge is 0.497 e. The van der Waals surface area contributed by atoms with Crippen LogP contribution in [-0.2, 0) is 0 Å². The van der Waals surface area contributed by atoms with Gasteiger partial charge in [-0.2, -0.15) is 0 Å². The van der Waals surface area contributed by atoms with Gasteiger partial charge in [0.1, 0.15) is 5.75 Å². The van der Waals surface area contributed by atoms with Crippen LogP contribution in [0.1, 0.15) is 18.1 Å². The molecule has 1 unspecified atom stereocenters. The summed E-state index contributed by atoms with van der Waals surface area (Å²) in [7, 11) is -0.122. The second-order valence-corrected chi connectivity index (χ2v) is 9.86. The predicted octanol–water partition coefficient (Wildman–Crippen LogP) is 3.28. The van der Waals surface area contributed by atoms with E-state index < -0.39 is 14.2 Å². The van der Waals surface area contributed by atoms with Crippen molar-refractivity contribution in [3.05, 3.63) is 60.2 Å². The molecule has 2 aromatic carbocycles. The zero-order valence-electron chi connectivity index (χ0n) is 13.3. The molecule has 2 aromatic rings. The summed E-state index contributed by atoms with van der Waals surface area (Å²) in [5, 5.41) is 11.5. The molecule has 1 N–H and O–H groups in total. The van der Waals surface area contributed by atoms with Crippen LogP contribution in [0.4, 0.5) is 0 Å². The average molecular weight is 310 g/mol. The fourth-order valence-corrected chi connectivity index (χ4v) is 3.95. The van der Waals surface area contributed by atoms with Crippen LogP contribution >= 0.6 is 0 Å². The van der Waals surface area contributed by atoms with E-state index in [1.165, 1.54) is 5.19 Å². The Morgan fingerprint density at radius 2 is 1.68 bits per heavy atom. The lowest BCUT2D eigenvalue weighted by Gasteiger charge is -2.15. The van der Waals surface area contributed by atoms with Crippen molar-refractivity contribution in [2.45, 2.75) is 25.6 Å². The van der Waals surface area contributed by atoms with Crippen LogP contribution in [0.5, 0.6) is 5.75 Å². The molecule has 2 rings (SSSR count). The summed E-state index contributed by atoms with van der Waals surface area (Å²) in [6.07, 6.45) is -0.103. The first-order valence-electron chi connectivity index (χ1n) is 7.40. The number of hydrogen-bond acceptors (Lipinski definition) is 2. The van der Waals surface area contributed by atoms with E-state index in [0.29, 0.717) is 6.42 Å². The molecule has 3 heteroatoms. The Labute approximate surface area is 133 Å². The molecule has 114 valence electrons. The van der Waals surface area contributed by atoms with Crippen LogP contribution in [0.25, 0.3) is 0 Å². The highest BCUT2D eigenvalue weighted by molar-refractivity contribution is 6.96. The number of rotatable bonds is 4.